The van der Waals surface area contributed by atoms with Gasteiger partial charge in [0.2, 0.25) is 0 Å². The lowest BCUT2D eigenvalue weighted by atomic mass is 10.1. The van der Waals surface area contributed by atoms with Gasteiger partial charge in [-0.05, 0) is 30.7 Å². The van der Waals surface area contributed by atoms with Gasteiger partial charge < -0.3 is 15.0 Å². The quantitative estimate of drug-likeness (QED) is 0.891. The molecule has 0 spiro atoms. The Balaban J connectivity index is 2.12. The van der Waals surface area contributed by atoms with Crippen LogP contribution in [0, 0.1) is 5.82 Å². The van der Waals surface area contributed by atoms with Gasteiger partial charge in [-0.15, -0.1) is 0 Å². The highest BCUT2D eigenvalue weighted by Crippen LogP contribution is 2.24. The molecule has 0 aliphatic heterocycles. The molecule has 2 aromatic rings. The highest BCUT2D eigenvalue weighted by atomic mass is 35.5. The summed E-state index contributed by atoms with van der Waals surface area (Å²) in [6.07, 6.45) is 0. The molecule has 112 valence electrons. The molecule has 1 aromatic heterocycles. The highest BCUT2D eigenvalue weighted by Gasteiger charge is 2.16. The number of H-pyrrole nitrogens is 1. The molecule has 7 heteroatoms. The monoisotopic (exact) mass is 330 g/mol. The van der Waals surface area contributed by atoms with Crippen molar-refractivity contribution in [3.8, 4) is 5.75 Å². The number of ether oxygens (including phenoxy) is 1. The van der Waals surface area contributed by atoms with Gasteiger partial charge >= 0.3 is 0 Å². The number of carbonyl (C=O) groups is 1. The number of nitrogens with one attached hydrogen (secondary N) is 2. The summed E-state index contributed by atoms with van der Waals surface area (Å²) in [6.45, 7) is 1.74. The van der Waals surface area contributed by atoms with E-state index in [1.54, 1.807) is 13.0 Å². The number of halogens is 3. The van der Waals surface area contributed by atoms with Crippen LogP contribution in [0.25, 0.3) is 0 Å². The van der Waals surface area contributed by atoms with E-state index in [0.717, 1.165) is 0 Å². The zero-order chi connectivity index (χ0) is 15.6. The molecule has 0 fully saturated rings. The van der Waals surface area contributed by atoms with Crippen molar-refractivity contribution >= 4 is 29.1 Å². The summed E-state index contributed by atoms with van der Waals surface area (Å²) in [6, 6.07) is 5.55. The SMILES string of the molecule is COc1ccc(C(C)NC(=O)c2cc(Cl)c(Cl)[nH]2)cc1F. The number of amides is 1. The van der Waals surface area contributed by atoms with Crippen LogP contribution in [0.3, 0.4) is 0 Å². The Morgan fingerprint density at radius 2 is 2.10 bits per heavy atom. The van der Waals surface area contributed by atoms with Crippen molar-refractivity contribution in [2.24, 2.45) is 0 Å². The van der Waals surface area contributed by atoms with Gasteiger partial charge in [-0.3, -0.25) is 4.79 Å². The van der Waals surface area contributed by atoms with E-state index in [9.17, 15) is 9.18 Å². The molecule has 1 heterocycles. The molecule has 0 aliphatic rings. The summed E-state index contributed by atoms with van der Waals surface area (Å²) in [7, 11) is 1.39. The van der Waals surface area contributed by atoms with Gasteiger partial charge in [-0.2, -0.15) is 0 Å². The molecule has 0 aliphatic carbocycles. The predicted molar refractivity (Wildman–Crippen MR) is 79.6 cm³/mol. The second kappa shape index (κ2) is 6.37. The van der Waals surface area contributed by atoms with Gasteiger partial charge in [0, 0.05) is 0 Å². The minimum Gasteiger partial charge on any atom is -0.494 e. The maximum absolute atomic E-state index is 13.6. The zero-order valence-electron chi connectivity index (χ0n) is 11.3. The van der Waals surface area contributed by atoms with Crippen molar-refractivity contribution in [3.05, 3.63) is 51.5 Å². The lowest BCUT2D eigenvalue weighted by molar-refractivity contribution is 0.0935. The molecule has 4 nitrogen and oxygen atoms in total. The molecule has 1 aromatic carbocycles. The third-order valence-corrected chi connectivity index (χ3v) is 3.69. The Morgan fingerprint density at radius 1 is 1.38 bits per heavy atom. The van der Waals surface area contributed by atoms with E-state index in [1.807, 2.05) is 0 Å². The van der Waals surface area contributed by atoms with Crippen molar-refractivity contribution in [2.45, 2.75) is 13.0 Å². The summed E-state index contributed by atoms with van der Waals surface area (Å²) in [5.41, 5.74) is 0.858. The Hall–Kier alpha value is -1.72. The first-order valence-electron chi connectivity index (χ1n) is 6.10. The van der Waals surface area contributed by atoms with Crippen LogP contribution >= 0.6 is 23.2 Å². The third kappa shape index (κ3) is 3.49. The molecule has 1 amide bonds. The van der Waals surface area contributed by atoms with Crippen LogP contribution in [-0.4, -0.2) is 18.0 Å². The summed E-state index contributed by atoms with van der Waals surface area (Å²) in [5, 5.41) is 3.19. The van der Waals surface area contributed by atoms with Gasteiger partial charge in [0.25, 0.3) is 5.91 Å². The second-order valence-electron chi connectivity index (χ2n) is 4.43. The first-order chi connectivity index (χ1) is 9.92. The Labute approximate surface area is 131 Å². The largest absolute Gasteiger partial charge is 0.494 e. The van der Waals surface area contributed by atoms with Crippen molar-refractivity contribution in [2.75, 3.05) is 7.11 Å². The van der Waals surface area contributed by atoms with Gasteiger partial charge in [0.05, 0.1) is 18.2 Å². The van der Waals surface area contributed by atoms with Gasteiger partial charge in [0.1, 0.15) is 10.8 Å². The molecular weight excluding hydrogens is 318 g/mol. The number of carbonyl (C=O) groups excluding carboxylic acids is 1. The van der Waals surface area contributed by atoms with E-state index in [0.29, 0.717) is 5.56 Å². The van der Waals surface area contributed by atoms with E-state index in [1.165, 1.54) is 25.3 Å². The Bertz CT molecular complexity index is 653. The maximum Gasteiger partial charge on any atom is 0.268 e. The number of methoxy groups -OCH3 is 1. The van der Waals surface area contributed by atoms with Crippen LogP contribution in [0.5, 0.6) is 5.75 Å². The van der Waals surface area contributed by atoms with Crippen molar-refractivity contribution < 1.29 is 13.9 Å². The summed E-state index contributed by atoms with van der Waals surface area (Å²) < 4.78 is 18.5. The molecule has 0 radical (unpaired) electrons. The first kappa shape index (κ1) is 15.7. The topological polar surface area (TPSA) is 54.1 Å². The maximum atomic E-state index is 13.6. The number of benzene rings is 1. The molecule has 1 atom stereocenters. The van der Waals surface area contributed by atoms with E-state index in [4.69, 9.17) is 27.9 Å². The standard InChI is InChI=1S/C14H13Cl2FN2O2/c1-7(8-3-4-12(21-2)10(17)5-8)18-14(20)11-6-9(15)13(16)19-11/h3-7,19H,1-2H3,(H,18,20). The Morgan fingerprint density at radius 3 is 2.62 bits per heavy atom. The van der Waals surface area contributed by atoms with E-state index in [2.05, 4.69) is 10.3 Å². The molecule has 2 N–H and O–H groups in total. The molecule has 0 bridgehead atoms. The van der Waals surface area contributed by atoms with Crippen molar-refractivity contribution in [1.29, 1.82) is 0 Å². The molecular formula is C14H13Cl2FN2O2. The van der Waals surface area contributed by atoms with Crippen LogP contribution in [0.2, 0.25) is 10.2 Å². The third-order valence-electron chi connectivity index (χ3n) is 2.99. The lowest BCUT2D eigenvalue weighted by Gasteiger charge is -2.14. The lowest BCUT2D eigenvalue weighted by Crippen LogP contribution is -2.27. The minimum atomic E-state index is -0.484. The predicted octanol–water partition coefficient (Wildman–Crippen LogP) is 3.96. The van der Waals surface area contributed by atoms with Gasteiger partial charge in [0.15, 0.2) is 11.6 Å². The molecule has 0 saturated heterocycles. The van der Waals surface area contributed by atoms with Crippen molar-refractivity contribution in [1.82, 2.24) is 10.3 Å². The van der Waals surface area contributed by atoms with Crippen LogP contribution in [-0.2, 0) is 0 Å². The van der Waals surface area contributed by atoms with Crippen LogP contribution in [0.1, 0.15) is 29.0 Å². The Kier molecular flexibility index (Phi) is 4.75. The average Bonchev–Trinajstić information content (AvgIpc) is 2.78. The van der Waals surface area contributed by atoms with Gasteiger partial charge in [-0.1, -0.05) is 29.3 Å². The fourth-order valence-electron chi connectivity index (χ4n) is 1.84. The highest BCUT2D eigenvalue weighted by molar-refractivity contribution is 6.41. The van der Waals surface area contributed by atoms with Crippen LogP contribution in [0.15, 0.2) is 24.3 Å². The second-order valence-corrected chi connectivity index (χ2v) is 5.22. The van der Waals surface area contributed by atoms with Gasteiger partial charge in [-0.25, -0.2) is 4.39 Å². The molecule has 21 heavy (non-hydrogen) atoms. The molecule has 1 unspecified atom stereocenters. The van der Waals surface area contributed by atoms with E-state index in [-0.39, 0.29) is 27.5 Å². The summed E-state index contributed by atoms with van der Waals surface area (Å²) >= 11 is 11.5. The van der Waals surface area contributed by atoms with Crippen molar-refractivity contribution in [3.63, 3.8) is 0 Å². The van der Waals surface area contributed by atoms with E-state index >= 15 is 0 Å². The number of aromatic nitrogens is 1. The first-order valence-corrected chi connectivity index (χ1v) is 6.86. The minimum absolute atomic E-state index is 0.153. The number of rotatable bonds is 4. The molecule has 0 saturated carbocycles. The number of aromatic amines is 1. The summed E-state index contributed by atoms with van der Waals surface area (Å²) in [4.78, 5) is 14.7. The number of hydrogen-bond donors (Lipinski definition) is 2. The fourth-order valence-corrected chi connectivity index (χ4v) is 2.15. The zero-order valence-corrected chi connectivity index (χ0v) is 12.8. The van der Waals surface area contributed by atoms with E-state index < -0.39 is 11.9 Å². The molecule has 2 rings (SSSR count). The van der Waals surface area contributed by atoms with Crippen LogP contribution < -0.4 is 10.1 Å². The average molecular weight is 331 g/mol. The number of hydrogen-bond acceptors (Lipinski definition) is 2. The summed E-state index contributed by atoms with van der Waals surface area (Å²) in [5.74, 6) is -0.713. The fraction of sp³-hybridized carbons (Fsp3) is 0.214. The normalized spacial score (nSPS) is 12.0. The van der Waals surface area contributed by atoms with Crippen LogP contribution in [0.4, 0.5) is 4.39 Å². The smallest absolute Gasteiger partial charge is 0.268 e.